The van der Waals surface area contributed by atoms with Crippen LogP contribution in [0.5, 0.6) is 0 Å². The summed E-state index contributed by atoms with van der Waals surface area (Å²) in [7, 11) is 1.95. The van der Waals surface area contributed by atoms with Crippen LogP contribution >= 0.6 is 23.5 Å². The van der Waals surface area contributed by atoms with Gasteiger partial charge >= 0.3 is 6.09 Å². The molecule has 2 aromatic carbocycles. The van der Waals surface area contributed by atoms with E-state index in [1.807, 2.05) is 63.3 Å². The van der Waals surface area contributed by atoms with Crippen molar-refractivity contribution in [3.05, 3.63) is 71.1 Å². The molecule has 1 fully saturated rings. The number of carbonyl (C=O) groups is 1. The lowest BCUT2D eigenvalue weighted by molar-refractivity contribution is 0.0205. The Bertz CT molecular complexity index is 1710. The molecule has 1 aliphatic rings. The normalized spacial score (nSPS) is 14.3. The molecule has 0 aliphatic carbocycles. The van der Waals surface area contributed by atoms with E-state index in [4.69, 9.17) is 14.7 Å². The third-order valence-corrected chi connectivity index (χ3v) is 10.3. The summed E-state index contributed by atoms with van der Waals surface area (Å²) in [5.74, 6) is 0.460. The fraction of sp³-hybridized carbons (Fsp3) is 0.444. The fourth-order valence-corrected chi connectivity index (χ4v) is 6.87. The smallest absolute Gasteiger partial charge is 0.410 e. The molecule has 0 saturated carbocycles. The first-order valence-corrected chi connectivity index (χ1v) is 17.9. The van der Waals surface area contributed by atoms with E-state index in [0.29, 0.717) is 47.6 Å². The molecule has 12 heteroatoms. The number of nitrogens with zero attached hydrogens (tertiary/aromatic N) is 5. The molecule has 256 valence electrons. The van der Waals surface area contributed by atoms with Gasteiger partial charge in [-0.3, -0.25) is 0 Å². The first kappa shape index (κ1) is 35.6. The van der Waals surface area contributed by atoms with E-state index in [2.05, 4.69) is 47.9 Å². The number of rotatable bonds is 9. The molecule has 1 aliphatic heterocycles. The molecule has 1 saturated heterocycles. The number of likely N-dealkylation sites (tertiary alicyclic amines) is 1. The lowest BCUT2D eigenvalue weighted by Gasteiger charge is -2.33. The summed E-state index contributed by atoms with van der Waals surface area (Å²) < 4.78 is 26.6. The van der Waals surface area contributed by atoms with Crippen molar-refractivity contribution in [3.8, 4) is 21.8 Å². The van der Waals surface area contributed by atoms with Crippen LogP contribution in [0.1, 0.15) is 77.8 Å². The Balaban J connectivity index is 1.33. The number of carbonyl (C=O) groups excluding carboxylic acids is 1. The van der Waals surface area contributed by atoms with Crippen molar-refractivity contribution in [2.45, 2.75) is 78.2 Å². The lowest BCUT2D eigenvalue weighted by Crippen LogP contribution is -2.41. The number of hydrogen-bond donors (Lipinski definition) is 2. The predicted octanol–water partition coefficient (Wildman–Crippen LogP) is 9.49. The van der Waals surface area contributed by atoms with Gasteiger partial charge in [-0.05, 0) is 82.5 Å². The Morgan fingerprint density at radius 3 is 2.42 bits per heavy atom. The average Bonchev–Trinajstić information content (AvgIpc) is 3.50. The number of hydrogen-bond acceptors (Lipinski definition) is 10. The lowest BCUT2D eigenvalue weighted by atomic mass is 9.89. The molecule has 0 unspecified atom stereocenters. The summed E-state index contributed by atoms with van der Waals surface area (Å²) in [6.45, 7) is 16.2. The van der Waals surface area contributed by atoms with Gasteiger partial charge in [-0.15, -0.1) is 11.3 Å². The number of aromatic nitrogens is 3. The van der Waals surface area contributed by atoms with Gasteiger partial charge in [0.05, 0.1) is 27.0 Å². The van der Waals surface area contributed by atoms with Gasteiger partial charge < -0.3 is 19.7 Å². The van der Waals surface area contributed by atoms with E-state index in [0.717, 1.165) is 35.0 Å². The zero-order chi connectivity index (χ0) is 34.6. The number of nitrogens with one attached hydrogen (secondary N) is 2. The van der Waals surface area contributed by atoms with Gasteiger partial charge in [0.1, 0.15) is 5.60 Å². The number of piperidine rings is 1. The number of ether oxygens (including phenoxy) is 1. The molecule has 4 aromatic rings. The van der Waals surface area contributed by atoms with Crippen molar-refractivity contribution >= 4 is 46.9 Å². The van der Waals surface area contributed by atoms with Crippen LogP contribution in [0.4, 0.5) is 26.5 Å². The van der Waals surface area contributed by atoms with Gasteiger partial charge in [-0.25, -0.2) is 28.4 Å². The fourth-order valence-electron chi connectivity index (χ4n) is 5.22. The number of halogens is 1. The van der Waals surface area contributed by atoms with Gasteiger partial charge in [-0.1, -0.05) is 45.9 Å². The van der Waals surface area contributed by atoms with Crippen LogP contribution in [0.2, 0.25) is 0 Å². The second kappa shape index (κ2) is 14.8. The van der Waals surface area contributed by atoms with Gasteiger partial charge in [0.25, 0.3) is 0 Å². The van der Waals surface area contributed by atoms with Gasteiger partial charge in [0, 0.05) is 54.6 Å². The summed E-state index contributed by atoms with van der Waals surface area (Å²) in [5, 5.41) is 4.23. The molecular formula is C36H46FN7O2S2. The largest absolute Gasteiger partial charge is 0.444 e. The van der Waals surface area contributed by atoms with Crippen LogP contribution in [0, 0.1) is 5.82 Å². The molecular weight excluding hydrogens is 646 g/mol. The third kappa shape index (κ3) is 8.83. The van der Waals surface area contributed by atoms with Gasteiger partial charge in [0.2, 0.25) is 5.95 Å². The highest BCUT2D eigenvalue weighted by molar-refractivity contribution is 7.98. The highest BCUT2D eigenvalue weighted by Crippen LogP contribution is 2.42. The number of amides is 1. The van der Waals surface area contributed by atoms with Crippen LogP contribution in [0.3, 0.4) is 0 Å². The Morgan fingerprint density at radius 2 is 1.77 bits per heavy atom. The quantitative estimate of drug-likeness (QED) is 0.166. The Hall–Kier alpha value is -3.74. The Morgan fingerprint density at radius 1 is 1.06 bits per heavy atom. The van der Waals surface area contributed by atoms with E-state index in [9.17, 15) is 4.79 Å². The predicted molar refractivity (Wildman–Crippen MR) is 196 cm³/mol. The van der Waals surface area contributed by atoms with Crippen molar-refractivity contribution in [2.24, 2.45) is 0 Å². The zero-order valence-electron chi connectivity index (χ0n) is 29.1. The summed E-state index contributed by atoms with van der Waals surface area (Å²) in [6, 6.07) is 15.5. The summed E-state index contributed by atoms with van der Waals surface area (Å²) >= 11 is 2.88. The highest BCUT2D eigenvalue weighted by Gasteiger charge is 2.28. The van der Waals surface area contributed by atoms with Gasteiger partial charge in [0.15, 0.2) is 5.82 Å². The molecule has 0 spiro atoms. The van der Waals surface area contributed by atoms with E-state index in [1.54, 1.807) is 23.2 Å². The molecule has 2 N–H and O–H groups in total. The monoisotopic (exact) mass is 691 g/mol. The van der Waals surface area contributed by atoms with Crippen molar-refractivity contribution < 1.29 is 13.9 Å². The van der Waals surface area contributed by atoms with Crippen LogP contribution < -0.4 is 10.0 Å². The summed E-state index contributed by atoms with van der Waals surface area (Å²) in [5.41, 5.74) is 3.42. The minimum atomic E-state index is -0.496. The van der Waals surface area contributed by atoms with E-state index < -0.39 is 5.60 Å². The molecule has 2 aromatic heterocycles. The van der Waals surface area contributed by atoms with Crippen molar-refractivity contribution in [1.82, 2.24) is 24.2 Å². The number of thiazole rings is 1. The molecule has 5 rings (SSSR count). The minimum Gasteiger partial charge on any atom is -0.444 e. The zero-order valence-corrected chi connectivity index (χ0v) is 30.7. The SMILES string of the molecule is CCN(C)SNc1cccc(-c2nc(C(C)(C)C)sc2-c2ccnc(Nc3ccc(C4CCN(C(=O)OC(C)(C)C)CC4)cc3)n2)c1F. The minimum absolute atomic E-state index is 0.230. The molecule has 1 amide bonds. The van der Waals surface area contributed by atoms with E-state index >= 15 is 4.39 Å². The first-order chi connectivity index (χ1) is 22.7. The standard InChI is InChI=1S/C36H46FN7O2S2/c1-9-43(8)48-42-27-12-10-11-26(29(27)37)30-31(47-32(41-30)35(2,3)4)28-17-20-38-33(40-28)39-25-15-13-23(14-16-25)24-18-21-44(22-19-24)34(45)46-36(5,6)7/h10-17,20,24,42H,9,18-19,21-22H2,1-8H3,(H,38,39,40). The van der Waals surface area contributed by atoms with Crippen LogP contribution in [0.15, 0.2) is 54.7 Å². The molecule has 0 radical (unpaired) electrons. The van der Waals surface area contributed by atoms with Crippen molar-refractivity contribution in [2.75, 3.05) is 36.7 Å². The summed E-state index contributed by atoms with van der Waals surface area (Å²) in [6.07, 6.45) is 3.25. The Labute approximate surface area is 292 Å². The average molecular weight is 692 g/mol. The van der Waals surface area contributed by atoms with Crippen LogP contribution in [-0.4, -0.2) is 62.5 Å². The van der Waals surface area contributed by atoms with Gasteiger partial charge in [-0.2, -0.15) is 0 Å². The highest BCUT2D eigenvalue weighted by atomic mass is 32.2. The van der Waals surface area contributed by atoms with E-state index in [-0.39, 0.29) is 17.3 Å². The number of anilines is 3. The first-order valence-electron chi connectivity index (χ1n) is 16.3. The van der Waals surface area contributed by atoms with Crippen LogP contribution in [-0.2, 0) is 10.2 Å². The van der Waals surface area contributed by atoms with Crippen molar-refractivity contribution in [3.63, 3.8) is 0 Å². The van der Waals surface area contributed by atoms with Crippen LogP contribution in [0.25, 0.3) is 21.8 Å². The van der Waals surface area contributed by atoms with Crippen molar-refractivity contribution in [1.29, 1.82) is 0 Å². The maximum atomic E-state index is 16.0. The Kier molecular flexibility index (Phi) is 11.0. The second-order valence-corrected chi connectivity index (χ2v) is 16.0. The maximum Gasteiger partial charge on any atom is 0.410 e. The topological polar surface area (TPSA) is 95.5 Å². The molecule has 48 heavy (non-hydrogen) atoms. The third-order valence-electron chi connectivity index (χ3n) is 7.95. The molecule has 0 bridgehead atoms. The molecule has 0 atom stereocenters. The van der Waals surface area contributed by atoms with E-state index in [1.165, 1.54) is 29.0 Å². The second-order valence-electron chi connectivity index (χ2n) is 14.0. The molecule has 9 nitrogen and oxygen atoms in total. The maximum absolute atomic E-state index is 16.0. The number of benzene rings is 2. The molecule has 3 heterocycles. The summed E-state index contributed by atoms with van der Waals surface area (Å²) in [4.78, 5) is 29.4.